The van der Waals surface area contributed by atoms with Gasteiger partial charge in [0.2, 0.25) is 0 Å². The number of ether oxygens (including phenoxy) is 1. The Labute approximate surface area is 199 Å². The lowest BCUT2D eigenvalue weighted by atomic mass is 10.2. The first kappa shape index (κ1) is 21.5. The van der Waals surface area contributed by atoms with Crippen LogP contribution in [0.15, 0.2) is 54.6 Å². The van der Waals surface area contributed by atoms with E-state index in [-0.39, 0.29) is 12.0 Å². The summed E-state index contributed by atoms with van der Waals surface area (Å²) in [6.45, 7) is 3.84. The molecule has 2 amide bonds. The second-order valence-electron chi connectivity index (χ2n) is 7.82. The Morgan fingerprint density at radius 1 is 1.18 bits per heavy atom. The van der Waals surface area contributed by atoms with Crippen molar-refractivity contribution in [1.29, 1.82) is 0 Å². The molecule has 1 aliphatic rings. The van der Waals surface area contributed by atoms with Gasteiger partial charge in [-0.25, -0.2) is 4.79 Å². The molecule has 2 aromatic heterocycles. The van der Waals surface area contributed by atoms with Gasteiger partial charge in [-0.2, -0.15) is 5.10 Å². The van der Waals surface area contributed by atoms with Gasteiger partial charge in [0.15, 0.2) is 0 Å². The predicted octanol–water partition coefficient (Wildman–Crippen LogP) is 4.99. The minimum absolute atomic E-state index is 0.139. The first-order valence-electron chi connectivity index (χ1n) is 10.5. The van der Waals surface area contributed by atoms with Crippen LogP contribution in [0, 0.1) is 6.92 Å². The maximum absolute atomic E-state index is 12.9. The molecule has 33 heavy (non-hydrogen) atoms. The molecular formula is C24H21ClN4O3S. The van der Waals surface area contributed by atoms with Crippen LogP contribution >= 0.6 is 22.9 Å². The number of hydrogen-bond donors (Lipinski definition) is 1. The largest absolute Gasteiger partial charge is 0.447 e. The van der Waals surface area contributed by atoms with Crippen molar-refractivity contribution in [2.75, 3.05) is 18.1 Å². The maximum atomic E-state index is 12.9. The number of hydrogen-bond acceptors (Lipinski definition) is 5. The Morgan fingerprint density at radius 2 is 2.00 bits per heavy atom. The second kappa shape index (κ2) is 8.88. The Balaban J connectivity index is 1.30. The summed E-state index contributed by atoms with van der Waals surface area (Å²) >= 11 is 7.41. The fraction of sp³-hybridized carbons (Fsp3) is 0.208. The number of carbonyl (C=O) groups excluding carboxylic acids is 2. The normalized spacial score (nSPS) is 13.5. The molecular weight excluding hydrogens is 460 g/mol. The number of halogens is 1. The highest BCUT2D eigenvalue weighted by Crippen LogP contribution is 2.29. The van der Waals surface area contributed by atoms with E-state index in [0.717, 1.165) is 32.7 Å². The van der Waals surface area contributed by atoms with Crippen molar-refractivity contribution in [3.05, 3.63) is 81.3 Å². The van der Waals surface area contributed by atoms with Crippen LogP contribution in [0.25, 0.3) is 10.2 Å². The molecule has 0 saturated carbocycles. The summed E-state index contributed by atoms with van der Waals surface area (Å²) < 4.78 is 6.93. The number of aryl methyl sites for hydroxylation is 1. The number of amides is 2. The summed E-state index contributed by atoms with van der Waals surface area (Å²) in [7, 11) is 0. The lowest BCUT2D eigenvalue weighted by Crippen LogP contribution is -2.24. The van der Waals surface area contributed by atoms with Gasteiger partial charge < -0.3 is 10.1 Å². The maximum Gasteiger partial charge on any atom is 0.414 e. The van der Waals surface area contributed by atoms with Crippen LogP contribution in [-0.4, -0.2) is 34.9 Å². The van der Waals surface area contributed by atoms with Gasteiger partial charge in [-0.1, -0.05) is 35.9 Å². The Bertz CT molecular complexity index is 1350. The molecule has 1 saturated heterocycles. The van der Waals surface area contributed by atoms with E-state index in [1.165, 1.54) is 11.3 Å². The molecule has 5 rings (SSSR count). The third-order valence-corrected chi connectivity index (χ3v) is 6.91. The summed E-state index contributed by atoms with van der Waals surface area (Å²) in [5.41, 5.74) is 3.65. The Kier molecular flexibility index (Phi) is 5.78. The van der Waals surface area contributed by atoms with E-state index in [4.69, 9.17) is 16.3 Å². The molecule has 0 radical (unpaired) electrons. The van der Waals surface area contributed by atoms with E-state index in [2.05, 4.69) is 10.4 Å². The molecule has 0 atom stereocenters. The van der Waals surface area contributed by atoms with Gasteiger partial charge in [0.05, 0.1) is 23.7 Å². The van der Waals surface area contributed by atoms with E-state index in [1.807, 2.05) is 66.2 Å². The van der Waals surface area contributed by atoms with Crippen molar-refractivity contribution in [1.82, 2.24) is 15.1 Å². The number of thiophene rings is 1. The number of nitrogens with zero attached hydrogens (tertiary/aromatic N) is 3. The van der Waals surface area contributed by atoms with E-state index >= 15 is 0 Å². The van der Waals surface area contributed by atoms with Crippen molar-refractivity contribution < 1.29 is 14.3 Å². The molecule has 168 valence electrons. The zero-order valence-electron chi connectivity index (χ0n) is 17.9. The summed E-state index contributed by atoms with van der Waals surface area (Å²) in [5, 5.41) is 9.29. The van der Waals surface area contributed by atoms with Crippen LogP contribution in [0.4, 0.5) is 10.5 Å². The Hall–Kier alpha value is -3.36. The van der Waals surface area contributed by atoms with Crippen molar-refractivity contribution in [2.24, 2.45) is 0 Å². The molecule has 9 heteroatoms. The van der Waals surface area contributed by atoms with E-state index in [0.29, 0.717) is 36.1 Å². The first-order chi connectivity index (χ1) is 16.0. The molecule has 2 aromatic carbocycles. The summed E-state index contributed by atoms with van der Waals surface area (Å²) in [4.78, 5) is 27.9. The number of nitrogens with one attached hydrogen (secondary N) is 1. The smallest absolute Gasteiger partial charge is 0.414 e. The first-order valence-corrected chi connectivity index (χ1v) is 11.7. The van der Waals surface area contributed by atoms with Crippen LogP contribution in [-0.2, 0) is 17.8 Å². The topological polar surface area (TPSA) is 76.5 Å². The number of fused-ring (bicyclic) bond motifs is 1. The Morgan fingerprint density at radius 3 is 2.76 bits per heavy atom. The fourth-order valence-corrected chi connectivity index (χ4v) is 5.03. The number of carbonyl (C=O) groups is 2. The van der Waals surface area contributed by atoms with Crippen molar-refractivity contribution >= 4 is 50.8 Å². The van der Waals surface area contributed by atoms with E-state index < -0.39 is 0 Å². The fourth-order valence-electron chi connectivity index (χ4n) is 3.83. The average Bonchev–Trinajstić information content (AvgIpc) is 3.51. The van der Waals surface area contributed by atoms with Crippen molar-refractivity contribution in [3.8, 4) is 0 Å². The van der Waals surface area contributed by atoms with Crippen LogP contribution in [0.5, 0.6) is 0 Å². The average molecular weight is 481 g/mol. The molecule has 7 nitrogen and oxygen atoms in total. The van der Waals surface area contributed by atoms with Gasteiger partial charge in [0.1, 0.15) is 11.4 Å². The number of rotatable bonds is 6. The molecule has 0 bridgehead atoms. The minimum atomic E-state index is -0.343. The highest BCUT2D eigenvalue weighted by molar-refractivity contribution is 7.20. The third-order valence-electron chi connectivity index (χ3n) is 5.51. The van der Waals surface area contributed by atoms with Gasteiger partial charge in [-0.15, -0.1) is 11.3 Å². The molecule has 0 unspecified atom stereocenters. The standard InChI is InChI=1S/C24H21ClN4O3S/c1-15-20-12-21(33-23(20)29(27-15)14-16-5-7-18(25)8-6-16)22(30)26-13-17-3-2-4-19(11-17)28-9-10-32-24(28)31/h2-8,11-12H,9-10,13-14H2,1H3,(H,26,30). The van der Waals surface area contributed by atoms with Crippen molar-refractivity contribution in [3.63, 3.8) is 0 Å². The summed E-state index contributed by atoms with van der Waals surface area (Å²) in [6.07, 6.45) is -0.343. The molecule has 1 fully saturated rings. The van der Waals surface area contributed by atoms with Crippen LogP contribution in [0.2, 0.25) is 5.02 Å². The third kappa shape index (κ3) is 4.44. The number of benzene rings is 2. The van der Waals surface area contributed by atoms with Gasteiger partial charge in [0, 0.05) is 22.6 Å². The number of anilines is 1. The molecule has 1 aliphatic heterocycles. The van der Waals surface area contributed by atoms with Crippen LogP contribution in [0.3, 0.4) is 0 Å². The second-order valence-corrected chi connectivity index (χ2v) is 9.28. The summed E-state index contributed by atoms with van der Waals surface area (Å²) in [5.74, 6) is -0.139. The highest BCUT2D eigenvalue weighted by atomic mass is 35.5. The zero-order chi connectivity index (χ0) is 22.9. The quantitative estimate of drug-likeness (QED) is 0.421. The molecule has 0 aliphatic carbocycles. The predicted molar refractivity (Wildman–Crippen MR) is 129 cm³/mol. The molecule has 4 aromatic rings. The lowest BCUT2D eigenvalue weighted by molar-refractivity contribution is 0.0955. The number of cyclic esters (lactones) is 1. The van der Waals surface area contributed by atoms with Crippen LogP contribution in [0.1, 0.15) is 26.5 Å². The molecule has 1 N–H and O–H groups in total. The van der Waals surface area contributed by atoms with Gasteiger partial charge in [-0.3, -0.25) is 14.4 Å². The van der Waals surface area contributed by atoms with Crippen LogP contribution < -0.4 is 10.2 Å². The van der Waals surface area contributed by atoms with Crippen molar-refractivity contribution in [2.45, 2.75) is 20.0 Å². The zero-order valence-corrected chi connectivity index (χ0v) is 19.4. The van der Waals surface area contributed by atoms with E-state index in [9.17, 15) is 9.59 Å². The van der Waals surface area contributed by atoms with Gasteiger partial charge >= 0.3 is 6.09 Å². The monoisotopic (exact) mass is 480 g/mol. The molecule has 0 spiro atoms. The lowest BCUT2D eigenvalue weighted by Gasteiger charge is -2.14. The van der Waals surface area contributed by atoms with Gasteiger partial charge in [-0.05, 0) is 48.4 Å². The molecule has 3 heterocycles. The van der Waals surface area contributed by atoms with E-state index in [1.54, 1.807) is 4.90 Å². The summed E-state index contributed by atoms with van der Waals surface area (Å²) in [6, 6.07) is 17.1. The SMILES string of the molecule is Cc1nn(Cc2ccc(Cl)cc2)c2sc(C(=O)NCc3cccc(N4CCOC4=O)c3)cc12. The number of aromatic nitrogens is 2. The van der Waals surface area contributed by atoms with Gasteiger partial charge in [0.25, 0.3) is 5.91 Å². The minimum Gasteiger partial charge on any atom is -0.447 e. The highest BCUT2D eigenvalue weighted by Gasteiger charge is 2.23.